The van der Waals surface area contributed by atoms with Crippen molar-refractivity contribution in [2.75, 3.05) is 26.4 Å². The van der Waals surface area contributed by atoms with Gasteiger partial charge in [-0.25, -0.2) is 9.13 Å². The maximum absolute atomic E-state index is 12.6. The molecule has 0 saturated heterocycles. The van der Waals surface area contributed by atoms with E-state index in [1.807, 2.05) is 30.4 Å². The number of carbonyl (C=O) groups excluding carboxylic acids is 2. The summed E-state index contributed by atoms with van der Waals surface area (Å²) < 4.78 is 47.6. The molecule has 0 aliphatic rings. The molecule has 0 fully saturated rings. The Balaban J connectivity index is 4.68. The molecule has 0 bridgehead atoms. The Morgan fingerprint density at radius 2 is 1.12 bits per heavy atom. The van der Waals surface area contributed by atoms with Crippen molar-refractivity contribution in [1.29, 1.82) is 0 Å². The lowest BCUT2D eigenvalue weighted by molar-refractivity contribution is -0.161. The number of rotatable bonds is 38. The molecule has 0 radical (unpaired) electrons. The van der Waals surface area contributed by atoms with Crippen LogP contribution >= 0.6 is 15.6 Å². The first-order chi connectivity index (χ1) is 27.1. The van der Waals surface area contributed by atoms with Crippen molar-refractivity contribution in [2.24, 2.45) is 5.92 Å². The van der Waals surface area contributed by atoms with Crippen LogP contribution in [0.5, 0.6) is 0 Å². The predicted molar refractivity (Wildman–Crippen MR) is 222 cm³/mol. The first-order valence-electron chi connectivity index (χ1n) is 20.8. The maximum Gasteiger partial charge on any atom is 0.472 e. The van der Waals surface area contributed by atoms with Gasteiger partial charge in [0.1, 0.15) is 12.7 Å². The zero-order chi connectivity index (χ0) is 42.6. The molecule has 0 saturated carbocycles. The first-order valence-corrected chi connectivity index (χ1v) is 23.8. The Labute approximate surface area is 342 Å². The second-order valence-electron chi connectivity index (χ2n) is 14.6. The SMILES string of the molecule is CCCC[C@@H](O)/C=C\C/C=C\C/C=C\C/C=C\CCCC(=O)O[C@H](COC(=O)CCCCCCCCCCCC(C)C)COP(=O)(O)OC[C@@H](O)COP(=O)(O)O. The van der Waals surface area contributed by atoms with Gasteiger partial charge in [-0.15, -0.1) is 0 Å². The van der Waals surface area contributed by atoms with Crippen molar-refractivity contribution in [1.82, 2.24) is 0 Å². The molecule has 1 unspecified atom stereocenters. The van der Waals surface area contributed by atoms with Crippen molar-refractivity contribution in [3.63, 3.8) is 0 Å². The van der Waals surface area contributed by atoms with Crippen LogP contribution in [-0.2, 0) is 41.8 Å². The highest BCUT2D eigenvalue weighted by Crippen LogP contribution is 2.43. The molecule has 0 aromatic heterocycles. The van der Waals surface area contributed by atoms with Gasteiger partial charge in [0.25, 0.3) is 0 Å². The van der Waals surface area contributed by atoms with Gasteiger partial charge in [0, 0.05) is 12.8 Å². The third-order valence-corrected chi connectivity index (χ3v) is 9.90. The summed E-state index contributed by atoms with van der Waals surface area (Å²) in [6.07, 6.45) is 30.4. The largest absolute Gasteiger partial charge is 0.472 e. The fourth-order valence-corrected chi connectivity index (χ4v) is 6.40. The third-order valence-electron chi connectivity index (χ3n) is 8.46. The predicted octanol–water partition coefficient (Wildman–Crippen LogP) is 9.11. The van der Waals surface area contributed by atoms with E-state index in [1.54, 1.807) is 0 Å². The number of aliphatic hydroxyl groups is 2. The smallest absolute Gasteiger partial charge is 0.462 e. The number of ether oxygens (including phenoxy) is 2. The normalized spacial score (nSPS) is 15.2. The summed E-state index contributed by atoms with van der Waals surface area (Å²) in [5.74, 6) is -0.370. The summed E-state index contributed by atoms with van der Waals surface area (Å²) in [7, 11) is -9.70. The van der Waals surface area contributed by atoms with Crippen molar-refractivity contribution in [3.8, 4) is 0 Å². The Bertz CT molecular complexity index is 1230. The summed E-state index contributed by atoms with van der Waals surface area (Å²) in [4.78, 5) is 52.5. The Morgan fingerprint density at radius 1 is 0.596 bits per heavy atom. The molecule has 332 valence electrons. The Morgan fingerprint density at radius 3 is 1.72 bits per heavy atom. The lowest BCUT2D eigenvalue weighted by Gasteiger charge is -2.20. The van der Waals surface area contributed by atoms with Gasteiger partial charge in [0.2, 0.25) is 0 Å². The van der Waals surface area contributed by atoms with Crippen LogP contribution < -0.4 is 0 Å². The van der Waals surface area contributed by atoms with Crippen LogP contribution in [0.3, 0.4) is 0 Å². The number of hydrogen-bond acceptors (Lipinski definition) is 11. The van der Waals surface area contributed by atoms with Crippen molar-refractivity contribution in [2.45, 2.75) is 167 Å². The molecule has 5 N–H and O–H groups in total. The van der Waals surface area contributed by atoms with Crippen molar-refractivity contribution < 1.29 is 66.7 Å². The van der Waals surface area contributed by atoms with E-state index in [1.165, 1.54) is 38.5 Å². The number of unbranched alkanes of at least 4 members (excludes halogenated alkanes) is 10. The monoisotopic (exact) mass is 852 g/mol. The van der Waals surface area contributed by atoms with Crippen LogP contribution in [0.4, 0.5) is 0 Å². The zero-order valence-electron chi connectivity index (χ0n) is 34.7. The van der Waals surface area contributed by atoms with Crippen molar-refractivity contribution in [3.05, 3.63) is 48.6 Å². The zero-order valence-corrected chi connectivity index (χ0v) is 36.5. The lowest BCUT2D eigenvalue weighted by Crippen LogP contribution is -2.29. The quantitative estimate of drug-likeness (QED) is 0.0170. The first kappa shape index (κ1) is 55.0. The third kappa shape index (κ3) is 40.6. The summed E-state index contributed by atoms with van der Waals surface area (Å²) in [5, 5.41) is 19.5. The van der Waals surface area contributed by atoms with Gasteiger partial charge in [-0.1, -0.05) is 140 Å². The van der Waals surface area contributed by atoms with E-state index in [0.29, 0.717) is 19.3 Å². The van der Waals surface area contributed by atoms with Crippen LogP contribution in [0.1, 0.15) is 149 Å². The van der Waals surface area contributed by atoms with Gasteiger partial charge in [-0.2, -0.15) is 0 Å². The lowest BCUT2D eigenvalue weighted by atomic mass is 10.0. The number of carbonyl (C=O) groups is 2. The highest BCUT2D eigenvalue weighted by molar-refractivity contribution is 7.47. The van der Waals surface area contributed by atoms with Gasteiger partial charge in [0.15, 0.2) is 6.10 Å². The topological polar surface area (TPSA) is 216 Å². The van der Waals surface area contributed by atoms with Crippen LogP contribution in [-0.4, -0.2) is 81.6 Å². The number of phosphoric acid groups is 2. The van der Waals surface area contributed by atoms with Gasteiger partial charge < -0.3 is 34.4 Å². The molecule has 0 heterocycles. The second kappa shape index (κ2) is 35.9. The highest BCUT2D eigenvalue weighted by atomic mass is 31.2. The minimum absolute atomic E-state index is 0.0382. The van der Waals surface area contributed by atoms with E-state index >= 15 is 0 Å². The number of aliphatic hydroxyl groups excluding tert-OH is 2. The summed E-state index contributed by atoms with van der Waals surface area (Å²) >= 11 is 0. The molecule has 16 heteroatoms. The molecule has 57 heavy (non-hydrogen) atoms. The second-order valence-corrected chi connectivity index (χ2v) is 17.3. The molecule has 0 rings (SSSR count). The summed E-state index contributed by atoms with van der Waals surface area (Å²) in [6.45, 7) is 3.79. The minimum atomic E-state index is -4.87. The molecule has 0 aliphatic carbocycles. The fourth-order valence-electron chi connectivity index (χ4n) is 5.25. The standard InChI is InChI=1S/C41H74O14P2/c1-4-5-28-37(42)29-24-20-16-12-8-6-7-9-13-18-22-26-31-41(45)55-39(35-54-57(49,50)53-33-38(43)32-52-56(46,47)48)34-51-40(44)30-25-21-17-14-10-11-15-19-23-27-36(2)3/h6-7,12-13,16,18,24,29,36-39,42-43H,4-5,8-11,14-15,17,19-23,25-28,30-35H2,1-3H3,(H,49,50)(H2,46,47,48)/b7-6-,16-12-,18-13-,29-24-/t37-,38+,39-/m1/s1. The maximum atomic E-state index is 12.6. The average molecular weight is 853 g/mol. The fraction of sp³-hybridized carbons (Fsp3) is 0.756. The minimum Gasteiger partial charge on any atom is -0.462 e. The molecular weight excluding hydrogens is 778 g/mol. The van der Waals surface area contributed by atoms with Gasteiger partial charge in [-0.05, 0) is 50.9 Å². The van der Waals surface area contributed by atoms with E-state index in [0.717, 1.165) is 63.7 Å². The summed E-state index contributed by atoms with van der Waals surface area (Å²) in [5.41, 5.74) is 0. The van der Waals surface area contributed by atoms with Crippen LogP contribution in [0.2, 0.25) is 0 Å². The van der Waals surface area contributed by atoms with E-state index in [-0.39, 0.29) is 18.9 Å². The molecule has 0 amide bonds. The van der Waals surface area contributed by atoms with E-state index in [2.05, 4.69) is 48.0 Å². The number of esters is 2. The molecular formula is C41H74O14P2. The molecule has 4 atom stereocenters. The van der Waals surface area contributed by atoms with E-state index < -0.39 is 66.2 Å². The molecule has 14 nitrogen and oxygen atoms in total. The number of phosphoric ester groups is 2. The summed E-state index contributed by atoms with van der Waals surface area (Å²) in [6, 6.07) is 0. The van der Waals surface area contributed by atoms with Gasteiger partial charge in [0.05, 0.1) is 25.9 Å². The molecule has 0 aromatic carbocycles. The highest BCUT2D eigenvalue weighted by Gasteiger charge is 2.28. The van der Waals surface area contributed by atoms with Crippen LogP contribution in [0, 0.1) is 5.92 Å². The van der Waals surface area contributed by atoms with Gasteiger partial charge in [-0.3, -0.25) is 23.2 Å². The Hall–Kier alpha value is -1.96. The number of hydrogen-bond donors (Lipinski definition) is 5. The number of allylic oxidation sites excluding steroid dienone is 7. The Kier molecular flexibility index (Phi) is 34.7. The van der Waals surface area contributed by atoms with Crippen LogP contribution in [0.15, 0.2) is 48.6 Å². The molecule has 0 aliphatic heterocycles. The molecule has 0 aromatic rings. The van der Waals surface area contributed by atoms with Crippen LogP contribution in [0.25, 0.3) is 0 Å². The van der Waals surface area contributed by atoms with E-state index in [9.17, 15) is 33.8 Å². The van der Waals surface area contributed by atoms with Crippen molar-refractivity contribution >= 4 is 27.6 Å². The molecule has 0 spiro atoms. The van der Waals surface area contributed by atoms with Gasteiger partial charge >= 0.3 is 27.6 Å². The van der Waals surface area contributed by atoms with E-state index in [4.69, 9.17) is 23.8 Å². The average Bonchev–Trinajstić information content (AvgIpc) is 3.15.